The maximum absolute atomic E-state index is 14.4. The molecule has 4 N–H and O–H groups in total. The number of nitrogens with zero attached hydrogens (tertiary/aromatic N) is 2. The minimum Gasteiger partial charge on any atom is -0.476 e. The van der Waals surface area contributed by atoms with Crippen LogP contribution in [0.2, 0.25) is 0 Å². The highest BCUT2D eigenvalue weighted by Crippen LogP contribution is 2.40. The summed E-state index contributed by atoms with van der Waals surface area (Å²) in [6, 6.07) is 16.1. The molecule has 2 aromatic heterocycles. The van der Waals surface area contributed by atoms with Crippen LogP contribution in [-0.2, 0) is 4.79 Å². The van der Waals surface area contributed by atoms with Crippen molar-refractivity contribution >= 4 is 28.0 Å². The number of H-pyrrole nitrogens is 1. The molecule has 0 saturated heterocycles. The van der Waals surface area contributed by atoms with Gasteiger partial charge >= 0.3 is 6.18 Å². The Bertz CT molecular complexity index is 1540. The van der Waals surface area contributed by atoms with E-state index in [1.165, 1.54) is 12.3 Å². The second kappa shape index (κ2) is 13.2. The number of aromatic amines is 1. The molecule has 7 nitrogen and oxygen atoms in total. The fourth-order valence-electron chi connectivity index (χ4n) is 4.38. The van der Waals surface area contributed by atoms with Crippen molar-refractivity contribution in [3.05, 3.63) is 101 Å². The van der Waals surface area contributed by atoms with Crippen LogP contribution in [0.4, 0.5) is 17.6 Å². The van der Waals surface area contributed by atoms with Crippen LogP contribution in [-0.4, -0.2) is 47.0 Å². The molecule has 0 saturated carbocycles. The lowest BCUT2D eigenvalue weighted by Gasteiger charge is -2.19. The minimum atomic E-state index is -4.50. The molecule has 0 unspecified atom stereocenters. The Labute approximate surface area is 234 Å². The van der Waals surface area contributed by atoms with Crippen LogP contribution in [0.3, 0.4) is 0 Å². The first kappa shape index (κ1) is 29.5. The highest BCUT2D eigenvalue weighted by atomic mass is 19.4. The molecule has 2 aromatic carbocycles. The van der Waals surface area contributed by atoms with Crippen molar-refractivity contribution < 1.29 is 27.1 Å². The maximum atomic E-state index is 14.4. The topological polar surface area (TPSA) is 106 Å². The van der Waals surface area contributed by atoms with Gasteiger partial charge in [0.25, 0.3) is 0 Å². The average molecular weight is 568 g/mol. The van der Waals surface area contributed by atoms with E-state index in [1.807, 2.05) is 6.92 Å². The molecule has 4 rings (SSSR count). The van der Waals surface area contributed by atoms with Crippen LogP contribution in [0.25, 0.3) is 22.0 Å². The molecule has 0 radical (unpaired) electrons. The molecule has 2 heterocycles. The van der Waals surface area contributed by atoms with Crippen LogP contribution < -0.4 is 15.8 Å². The Morgan fingerprint density at radius 3 is 2.49 bits per heavy atom. The molecule has 0 aliphatic rings. The summed E-state index contributed by atoms with van der Waals surface area (Å²) in [7, 11) is 0. The number of hydrogen-bond acceptors (Lipinski definition) is 5. The van der Waals surface area contributed by atoms with E-state index in [2.05, 4.69) is 20.5 Å². The predicted octanol–water partition coefficient (Wildman–Crippen LogP) is 5.80. The monoisotopic (exact) mass is 567 g/mol. The zero-order valence-corrected chi connectivity index (χ0v) is 22.3. The Kier molecular flexibility index (Phi) is 9.51. The first-order chi connectivity index (χ1) is 19.7. The van der Waals surface area contributed by atoms with E-state index in [0.29, 0.717) is 47.3 Å². The van der Waals surface area contributed by atoms with Crippen molar-refractivity contribution in [3.8, 4) is 5.88 Å². The van der Waals surface area contributed by atoms with Gasteiger partial charge in [0.1, 0.15) is 6.61 Å². The van der Waals surface area contributed by atoms with Crippen LogP contribution in [0.15, 0.2) is 78.5 Å². The van der Waals surface area contributed by atoms with Gasteiger partial charge in [0.2, 0.25) is 17.7 Å². The Balaban J connectivity index is 1.64. The number of hydrogen-bond donors (Lipinski definition) is 3. The number of nitrogens with two attached hydrogens (primary N) is 1. The summed E-state index contributed by atoms with van der Waals surface area (Å²) >= 11 is 0. The molecular formula is C30H29F4N5O2. The number of benzene rings is 2. The van der Waals surface area contributed by atoms with Gasteiger partial charge in [-0.15, -0.1) is 0 Å². The third kappa shape index (κ3) is 7.79. The van der Waals surface area contributed by atoms with E-state index < -0.39 is 24.5 Å². The Morgan fingerprint density at radius 2 is 1.83 bits per heavy atom. The molecule has 0 aliphatic carbocycles. The molecule has 0 spiro atoms. The molecule has 4 aromatic rings. The fourth-order valence-corrected chi connectivity index (χ4v) is 4.38. The first-order valence-electron chi connectivity index (χ1n) is 12.9. The summed E-state index contributed by atoms with van der Waals surface area (Å²) in [5.41, 5.74) is 7.66. The highest BCUT2D eigenvalue weighted by molar-refractivity contribution is 6.00. The van der Waals surface area contributed by atoms with Crippen LogP contribution in [0.5, 0.6) is 5.88 Å². The number of allylic oxidation sites excluding steroid dienone is 1. The van der Waals surface area contributed by atoms with Gasteiger partial charge < -0.3 is 15.8 Å². The number of fused-ring (bicyclic) bond motifs is 1. The van der Waals surface area contributed by atoms with Crippen molar-refractivity contribution in [2.75, 3.05) is 19.7 Å². The van der Waals surface area contributed by atoms with E-state index in [1.54, 1.807) is 60.7 Å². The molecule has 214 valence electrons. The van der Waals surface area contributed by atoms with Crippen molar-refractivity contribution in [1.29, 1.82) is 0 Å². The van der Waals surface area contributed by atoms with Gasteiger partial charge in [0, 0.05) is 36.5 Å². The molecule has 0 atom stereocenters. The minimum absolute atomic E-state index is 0.0245. The first-order valence-corrected chi connectivity index (χ1v) is 12.9. The van der Waals surface area contributed by atoms with Gasteiger partial charge in [-0.3, -0.25) is 9.89 Å². The normalized spacial score (nSPS) is 12.9. The summed E-state index contributed by atoms with van der Waals surface area (Å²) < 4.78 is 61.6. The molecule has 0 fully saturated rings. The van der Waals surface area contributed by atoms with E-state index in [-0.39, 0.29) is 29.0 Å². The predicted molar refractivity (Wildman–Crippen MR) is 149 cm³/mol. The number of amides is 1. The van der Waals surface area contributed by atoms with Crippen molar-refractivity contribution in [2.45, 2.75) is 25.9 Å². The third-order valence-corrected chi connectivity index (χ3v) is 6.34. The number of primary amides is 1. The average Bonchev–Trinajstić information content (AvgIpc) is 3.32. The lowest BCUT2D eigenvalue weighted by Crippen LogP contribution is -2.22. The van der Waals surface area contributed by atoms with Gasteiger partial charge in [-0.25, -0.2) is 4.98 Å². The maximum Gasteiger partial charge on any atom is 0.393 e. The van der Waals surface area contributed by atoms with E-state index in [9.17, 15) is 22.4 Å². The third-order valence-electron chi connectivity index (χ3n) is 6.34. The van der Waals surface area contributed by atoms with E-state index in [0.717, 1.165) is 0 Å². The van der Waals surface area contributed by atoms with Crippen molar-refractivity contribution in [2.24, 2.45) is 5.73 Å². The molecule has 0 bridgehead atoms. The van der Waals surface area contributed by atoms with E-state index >= 15 is 0 Å². The molecule has 41 heavy (non-hydrogen) atoms. The summed E-state index contributed by atoms with van der Waals surface area (Å²) in [6.45, 7) is 3.01. The number of ether oxygens (including phenoxy) is 1. The number of alkyl halides is 3. The quantitative estimate of drug-likeness (QED) is 0.0869. The number of nitrogens with one attached hydrogen (secondary N) is 2. The standard InChI is InChI=1S/C30H29F4N5O2/c1-2-19(29(35)40)12-13-36-14-15-41-26-11-9-22(18-37-26)27(21-8-10-25-23(16-21)28(31)39-38-25)24(17-30(32,33)34)20-6-4-3-5-7-20/h3-12,16,18,36H,2,13-15,17H2,1H3,(H2,35,40)(H,38,39)/b19-12?,27-24-. The van der Waals surface area contributed by atoms with E-state index in [4.69, 9.17) is 10.5 Å². The van der Waals surface area contributed by atoms with Crippen LogP contribution in [0, 0.1) is 5.95 Å². The van der Waals surface area contributed by atoms with Gasteiger partial charge in [0.05, 0.1) is 17.3 Å². The number of carbonyl (C=O) groups excluding carboxylic acids is 1. The summed E-state index contributed by atoms with van der Waals surface area (Å²) in [6.07, 6.45) is -2.00. The van der Waals surface area contributed by atoms with Gasteiger partial charge in [-0.2, -0.15) is 22.7 Å². The fraction of sp³-hybridized carbons (Fsp3) is 0.233. The summed E-state index contributed by atoms with van der Waals surface area (Å²) in [4.78, 5) is 15.6. The number of pyridine rings is 1. The molecule has 0 aliphatic heterocycles. The number of halogens is 4. The zero-order chi connectivity index (χ0) is 29.4. The Morgan fingerprint density at radius 1 is 1.07 bits per heavy atom. The highest BCUT2D eigenvalue weighted by Gasteiger charge is 2.31. The van der Waals surface area contributed by atoms with Crippen molar-refractivity contribution in [1.82, 2.24) is 20.5 Å². The number of aromatic nitrogens is 3. The van der Waals surface area contributed by atoms with Gasteiger partial charge in [0.15, 0.2) is 0 Å². The van der Waals surface area contributed by atoms with Crippen LogP contribution >= 0.6 is 0 Å². The molecular weight excluding hydrogens is 538 g/mol. The SMILES string of the molecule is CCC(=CCNCCOc1ccc(/C(=C(/CC(F)(F)F)c2ccccc2)c2ccc3n[nH]c(F)c3c2)cn1)C(N)=O. The van der Waals surface area contributed by atoms with Gasteiger partial charge in [-0.1, -0.05) is 49.4 Å². The second-order valence-corrected chi connectivity index (χ2v) is 9.17. The number of carbonyl (C=O) groups is 1. The lowest BCUT2D eigenvalue weighted by molar-refractivity contribution is -0.123. The zero-order valence-electron chi connectivity index (χ0n) is 22.3. The second-order valence-electron chi connectivity index (χ2n) is 9.17. The summed E-state index contributed by atoms with van der Waals surface area (Å²) in [5.74, 6) is -0.848. The Hall–Kier alpha value is -4.51. The molecule has 11 heteroatoms. The lowest BCUT2D eigenvalue weighted by atomic mass is 9.88. The van der Waals surface area contributed by atoms with Gasteiger partial charge in [-0.05, 0) is 46.9 Å². The largest absolute Gasteiger partial charge is 0.476 e. The summed E-state index contributed by atoms with van der Waals surface area (Å²) in [5, 5.41) is 9.42. The molecule has 1 amide bonds. The smallest absolute Gasteiger partial charge is 0.393 e. The number of rotatable bonds is 12. The van der Waals surface area contributed by atoms with Crippen molar-refractivity contribution in [3.63, 3.8) is 0 Å². The van der Waals surface area contributed by atoms with Crippen LogP contribution in [0.1, 0.15) is 36.5 Å².